The minimum atomic E-state index is 0.903. The van der Waals surface area contributed by atoms with Gasteiger partial charge >= 0.3 is 0 Å². The lowest BCUT2D eigenvalue weighted by atomic mass is 9.72. The summed E-state index contributed by atoms with van der Waals surface area (Å²) in [6.45, 7) is 0. The topological polar surface area (TPSA) is 52.0 Å². The molecular weight excluding hydrogens is 256 g/mol. The van der Waals surface area contributed by atoms with Crippen molar-refractivity contribution in [3.05, 3.63) is 24.6 Å². The number of hydrogen-bond acceptors (Lipinski definition) is 2. The Kier molecular flexibility index (Phi) is 7.18. The summed E-state index contributed by atoms with van der Waals surface area (Å²) in [7, 11) is 0. The number of hydrogen-bond donors (Lipinski definition) is 2. The molecule has 0 aliphatic heterocycles. The summed E-state index contributed by atoms with van der Waals surface area (Å²) >= 11 is 0. The number of nitrogens with two attached hydrogens (primary N) is 2. The molecule has 0 radical (unpaired) electrons. The highest BCUT2D eigenvalue weighted by molar-refractivity contribution is 4.85. The van der Waals surface area contributed by atoms with Gasteiger partial charge in [0.2, 0.25) is 0 Å². The van der Waals surface area contributed by atoms with E-state index in [-0.39, 0.29) is 0 Å². The maximum absolute atomic E-state index is 5.45. The van der Waals surface area contributed by atoms with Crippen molar-refractivity contribution >= 4 is 0 Å². The van der Waals surface area contributed by atoms with E-state index in [9.17, 15) is 0 Å². The highest BCUT2D eigenvalue weighted by atomic mass is 14.5. The fraction of sp³-hybridized carbons (Fsp3) is 0.789. The predicted octanol–water partition coefficient (Wildman–Crippen LogP) is 4.71. The third-order valence-electron chi connectivity index (χ3n) is 5.81. The molecule has 0 aromatic carbocycles. The molecule has 0 spiro atoms. The lowest BCUT2D eigenvalue weighted by molar-refractivity contribution is 0.192. The van der Waals surface area contributed by atoms with E-state index in [0.29, 0.717) is 0 Å². The van der Waals surface area contributed by atoms with Crippen LogP contribution >= 0.6 is 0 Å². The highest BCUT2D eigenvalue weighted by Crippen LogP contribution is 2.39. The molecule has 2 saturated carbocycles. The number of allylic oxidation sites excluding steroid dienone is 2. The van der Waals surface area contributed by atoms with E-state index in [4.69, 9.17) is 11.5 Å². The van der Waals surface area contributed by atoms with Crippen LogP contribution in [0.1, 0.15) is 70.6 Å². The molecule has 2 nitrogen and oxygen atoms in total. The van der Waals surface area contributed by atoms with Crippen LogP contribution in [0.4, 0.5) is 0 Å². The van der Waals surface area contributed by atoms with Gasteiger partial charge in [0, 0.05) is 0 Å². The molecule has 2 aliphatic rings. The quantitative estimate of drug-likeness (QED) is 0.744. The Labute approximate surface area is 131 Å². The fourth-order valence-electron chi connectivity index (χ4n) is 4.42. The first-order valence-corrected chi connectivity index (χ1v) is 9.05. The third-order valence-corrected chi connectivity index (χ3v) is 5.81. The second-order valence-electron chi connectivity index (χ2n) is 7.34. The van der Waals surface area contributed by atoms with Gasteiger partial charge in [-0.25, -0.2) is 0 Å². The summed E-state index contributed by atoms with van der Waals surface area (Å²) < 4.78 is 0. The molecule has 2 heteroatoms. The zero-order valence-corrected chi connectivity index (χ0v) is 13.6. The zero-order chi connectivity index (χ0) is 14.9. The van der Waals surface area contributed by atoms with Crippen LogP contribution in [-0.4, -0.2) is 0 Å². The van der Waals surface area contributed by atoms with Crippen molar-refractivity contribution in [1.82, 2.24) is 0 Å². The van der Waals surface area contributed by atoms with Crippen molar-refractivity contribution in [2.45, 2.75) is 70.6 Å². The molecule has 2 fully saturated rings. The molecule has 0 bridgehead atoms. The van der Waals surface area contributed by atoms with E-state index < -0.39 is 0 Å². The lowest BCUT2D eigenvalue weighted by Gasteiger charge is -2.33. The summed E-state index contributed by atoms with van der Waals surface area (Å²) in [4.78, 5) is 0. The molecule has 0 aromatic heterocycles. The molecule has 0 saturated heterocycles. The van der Waals surface area contributed by atoms with Crippen molar-refractivity contribution in [3.8, 4) is 0 Å². The van der Waals surface area contributed by atoms with Crippen LogP contribution in [0.25, 0.3) is 0 Å². The Bertz CT molecular complexity index is 286. The van der Waals surface area contributed by atoms with E-state index in [2.05, 4.69) is 12.2 Å². The van der Waals surface area contributed by atoms with Crippen LogP contribution in [0.15, 0.2) is 24.6 Å². The van der Waals surface area contributed by atoms with Crippen LogP contribution in [0.3, 0.4) is 0 Å². The Morgan fingerprint density at radius 3 is 1.24 bits per heavy atom. The van der Waals surface area contributed by atoms with Crippen molar-refractivity contribution in [3.63, 3.8) is 0 Å². The van der Waals surface area contributed by atoms with Gasteiger partial charge in [-0.1, -0.05) is 37.8 Å². The maximum Gasteiger partial charge on any atom is -0.0103 e. The van der Waals surface area contributed by atoms with Crippen LogP contribution in [0.5, 0.6) is 0 Å². The van der Waals surface area contributed by atoms with Crippen LogP contribution < -0.4 is 11.5 Å². The van der Waals surface area contributed by atoms with Crippen LogP contribution in [0, 0.1) is 23.7 Å². The maximum atomic E-state index is 5.45. The first kappa shape index (κ1) is 16.5. The van der Waals surface area contributed by atoms with E-state index in [1.165, 1.54) is 70.6 Å². The largest absolute Gasteiger partial charge is 0.405 e. The third kappa shape index (κ3) is 5.76. The standard InChI is InChI=1S/C19H34N2/c20-13-1-3-16-5-9-18(10-6-16)15-19-11-7-17(8-12-19)4-2-14-21/h1-2,13-14,16-19H,3-12,15,20-21H2. The van der Waals surface area contributed by atoms with Crippen molar-refractivity contribution in [1.29, 1.82) is 0 Å². The Balaban J connectivity index is 1.61. The summed E-state index contributed by atoms with van der Waals surface area (Å²) in [5.41, 5.74) is 10.9. The average Bonchev–Trinajstić information content (AvgIpc) is 2.53. The molecular formula is C19H34N2. The van der Waals surface area contributed by atoms with E-state index in [0.717, 1.165) is 23.7 Å². The Morgan fingerprint density at radius 1 is 0.571 bits per heavy atom. The molecule has 21 heavy (non-hydrogen) atoms. The molecule has 0 atom stereocenters. The van der Waals surface area contributed by atoms with Crippen LogP contribution in [-0.2, 0) is 0 Å². The summed E-state index contributed by atoms with van der Waals surface area (Å²) in [5, 5.41) is 0. The first-order valence-electron chi connectivity index (χ1n) is 9.05. The smallest absolute Gasteiger partial charge is 0.0103 e. The molecule has 0 heterocycles. The van der Waals surface area contributed by atoms with Crippen molar-refractivity contribution in [2.75, 3.05) is 0 Å². The molecule has 2 rings (SSSR count). The van der Waals surface area contributed by atoms with Gasteiger partial charge < -0.3 is 11.5 Å². The van der Waals surface area contributed by atoms with Gasteiger partial charge in [0.05, 0.1) is 0 Å². The summed E-state index contributed by atoms with van der Waals surface area (Å²) in [6, 6.07) is 0. The molecule has 4 N–H and O–H groups in total. The average molecular weight is 290 g/mol. The van der Waals surface area contributed by atoms with Gasteiger partial charge in [0.1, 0.15) is 0 Å². The lowest BCUT2D eigenvalue weighted by Crippen LogP contribution is -2.20. The fourth-order valence-corrected chi connectivity index (χ4v) is 4.42. The van der Waals surface area contributed by atoms with Gasteiger partial charge in [-0.2, -0.15) is 0 Å². The molecule has 2 aliphatic carbocycles. The second kappa shape index (κ2) is 9.17. The SMILES string of the molecule is NC=CCC1CCC(CC2CCC(CC=CN)CC2)CC1. The summed E-state index contributed by atoms with van der Waals surface area (Å²) in [6.07, 6.45) is 23.1. The minimum Gasteiger partial charge on any atom is -0.405 e. The normalized spacial score (nSPS) is 34.7. The zero-order valence-electron chi connectivity index (χ0n) is 13.6. The van der Waals surface area contributed by atoms with Gasteiger partial charge in [0.15, 0.2) is 0 Å². The van der Waals surface area contributed by atoms with Gasteiger partial charge in [-0.15, -0.1) is 0 Å². The molecule has 0 unspecified atom stereocenters. The Morgan fingerprint density at radius 2 is 0.905 bits per heavy atom. The van der Waals surface area contributed by atoms with Crippen molar-refractivity contribution in [2.24, 2.45) is 35.1 Å². The summed E-state index contributed by atoms with van der Waals surface area (Å²) in [5.74, 6) is 3.82. The first-order chi connectivity index (χ1) is 10.3. The molecule has 0 amide bonds. The molecule has 0 aromatic rings. The second-order valence-corrected chi connectivity index (χ2v) is 7.34. The van der Waals surface area contributed by atoms with E-state index >= 15 is 0 Å². The van der Waals surface area contributed by atoms with Gasteiger partial charge in [-0.3, -0.25) is 0 Å². The van der Waals surface area contributed by atoms with Gasteiger partial charge in [-0.05, 0) is 81.0 Å². The van der Waals surface area contributed by atoms with Gasteiger partial charge in [0.25, 0.3) is 0 Å². The predicted molar refractivity (Wildman–Crippen MR) is 91.4 cm³/mol. The van der Waals surface area contributed by atoms with E-state index in [1.807, 2.05) is 0 Å². The minimum absolute atomic E-state index is 0.903. The van der Waals surface area contributed by atoms with Crippen LogP contribution in [0.2, 0.25) is 0 Å². The molecule has 120 valence electrons. The Hall–Kier alpha value is -0.920. The highest BCUT2D eigenvalue weighted by Gasteiger charge is 2.26. The monoisotopic (exact) mass is 290 g/mol. The van der Waals surface area contributed by atoms with Crippen molar-refractivity contribution < 1.29 is 0 Å². The van der Waals surface area contributed by atoms with E-state index in [1.54, 1.807) is 12.4 Å². The number of rotatable bonds is 6.